The molecule has 1 amide bonds. The second-order valence-electron chi connectivity index (χ2n) is 9.99. The molecule has 3 aromatic heterocycles. The number of hydrogen-bond acceptors (Lipinski definition) is 7. The maximum absolute atomic E-state index is 13.2. The summed E-state index contributed by atoms with van der Waals surface area (Å²) in [4.78, 5) is 30.5. The van der Waals surface area contributed by atoms with Crippen LogP contribution in [0.2, 0.25) is 0 Å². The monoisotopic (exact) mass is 450 g/mol. The zero-order valence-corrected chi connectivity index (χ0v) is 18.9. The van der Waals surface area contributed by atoms with E-state index >= 15 is 0 Å². The van der Waals surface area contributed by atoms with Gasteiger partial charge in [-0.3, -0.25) is 14.3 Å². The predicted molar refractivity (Wildman–Crippen MR) is 120 cm³/mol. The Morgan fingerprint density at radius 1 is 1.33 bits per heavy atom. The van der Waals surface area contributed by atoms with E-state index in [-0.39, 0.29) is 46.0 Å². The summed E-state index contributed by atoms with van der Waals surface area (Å²) >= 11 is 0. The van der Waals surface area contributed by atoms with Crippen LogP contribution in [0.4, 0.5) is 5.69 Å². The number of nitrogens with zero attached hydrogens (tertiary/aromatic N) is 5. The third-order valence-electron chi connectivity index (χ3n) is 6.64. The Labute approximate surface area is 189 Å². The zero-order valence-electron chi connectivity index (χ0n) is 18.9. The number of aromatic nitrogens is 5. The number of carbonyl (C=O) groups is 1. The van der Waals surface area contributed by atoms with Crippen molar-refractivity contribution in [2.45, 2.75) is 69.7 Å². The van der Waals surface area contributed by atoms with E-state index in [1.807, 2.05) is 24.7 Å². The number of pyridine rings is 1. The molecule has 10 heteroatoms. The number of fused-ring (bicyclic) bond motifs is 2. The first kappa shape index (κ1) is 20.3. The number of carbonyl (C=O) groups excluding carboxylic acids is 1. The molecule has 5 heterocycles. The van der Waals surface area contributed by atoms with Crippen LogP contribution in [0.1, 0.15) is 62.9 Å². The lowest BCUT2D eigenvalue weighted by Gasteiger charge is -2.42. The van der Waals surface area contributed by atoms with Crippen LogP contribution in [0, 0.1) is 0 Å². The minimum atomic E-state index is -0.461. The first-order chi connectivity index (χ1) is 15.8. The van der Waals surface area contributed by atoms with Gasteiger partial charge in [0.05, 0.1) is 29.9 Å². The fourth-order valence-electron chi connectivity index (χ4n) is 5.03. The highest BCUT2D eigenvalue weighted by Gasteiger charge is 2.61. The molecule has 4 fully saturated rings. The Bertz CT molecular complexity index is 1330. The largest absolute Gasteiger partial charge is 0.474 e. The predicted octanol–water partition coefficient (Wildman–Crippen LogP) is 2.64. The number of hydrogen-bond donors (Lipinski definition) is 1. The van der Waals surface area contributed by atoms with E-state index in [0.29, 0.717) is 12.3 Å². The molecule has 4 aliphatic rings. The molecule has 2 saturated heterocycles. The highest BCUT2D eigenvalue weighted by Crippen LogP contribution is 2.55. The minimum Gasteiger partial charge on any atom is -0.474 e. The molecular weight excluding hydrogens is 424 g/mol. The molecular formula is C23H26N6O4. The van der Waals surface area contributed by atoms with Gasteiger partial charge in [0, 0.05) is 30.6 Å². The average Bonchev–Trinajstić information content (AvgIpc) is 3.28. The lowest BCUT2D eigenvalue weighted by Crippen LogP contribution is -2.49. The molecule has 2 aliphatic carbocycles. The van der Waals surface area contributed by atoms with E-state index in [9.17, 15) is 9.59 Å². The van der Waals surface area contributed by atoms with Crippen molar-refractivity contribution < 1.29 is 14.3 Å². The SMILES string of the molecule is CC(C)Oc1nc2nn(C34COC(C)(C3)C4)cc2cc1C(=O)Nc1ccnn(C2CC2)c1=O. The van der Waals surface area contributed by atoms with Crippen LogP contribution in [0.3, 0.4) is 0 Å². The summed E-state index contributed by atoms with van der Waals surface area (Å²) in [6, 6.07) is 3.35. The van der Waals surface area contributed by atoms with Gasteiger partial charge in [-0.15, -0.1) is 0 Å². The third kappa shape index (κ3) is 3.31. The van der Waals surface area contributed by atoms with Gasteiger partial charge >= 0.3 is 0 Å². The summed E-state index contributed by atoms with van der Waals surface area (Å²) in [6.07, 6.45) is 6.92. The maximum atomic E-state index is 13.2. The summed E-state index contributed by atoms with van der Waals surface area (Å²) in [6.45, 7) is 6.48. The molecule has 0 atom stereocenters. The summed E-state index contributed by atoms with van der Waals surface area (Å²) in [5, 5.41) is 12.3. The molecule has 0 aromatic carbocycles. The van der Waals surface area contributed by atoms with Gasteiger partial charge in [0.15, 0.2) is 5.65 Å². The van der Waals surface area contributed by atoms with E-state index in [1.165, 1.54) is 16.9 Å². The van der Waals surface area contributed by atoms with Crippen molar-refractivity contribution in [1.29, 1.82) is 0 Å². The molecule has 0 spiro atoms. The number of anilines is 1. The van der Waals surface area contributed by atoms with Gasteiger partial charge in [0.1, 0.15) is 11.3 Å². The van der Waals surface area contributed by atoms with E-state index in [2.05, 4.69) is 22.3 Å². The smallest absolute Gasteiger partial charge is 0.290 e. The highest BCUT2D eigenvalue weighted by atomic mass is 16.5. The van der Waals surface area contributed by atoms with Gasteiger partial charge in [0.25, 0.3) is 11.5 Å². The lowest BCUT2D eigenvalue weighted by molar-refractivity contribution is 0.00381. The van der Waals surface area contributed by atoms with E-state index in [1.54, 1.807) is 6.07 Å². The Morgan fingerprint density at radius 3 is 2.79 bits per heavy atom. The Hall–Kier alpha value is -3.27. The van der Waals surface area contributed by atoms with Crippen molar-refractivity contribution >= 4 is 22.6 Å². The number of ether oxygens (including phenoxy) is 2. The fourth-order valence-corrected chi connectivity index (χ4v) is 5.03. The van der Waals surface area contributed by atoms with Gasteiger partial charge in [-0.1, -0.05) is 0 Å². The Kier molecular flexibility index (Phi) is 4.23. The van der Waals surface area contributed by atoms with E-state index in [4.69, 9.17) is 14.6 Å². The molecule has 172 valence electrons. The van der Waals surface area contributed by atoms with Crippen molar-refractivity contribution in [3.05, 3.63) is 40.4 Å². The summed E-state index contributed by atoms with van der Waals surface area (Å²) in [5.74, 6) is -0.271. The quantitative estimate of drug-likeness (QED) is 0.614. The van der Waals surface area contributed by atoms with Crippen molar-refractivity contribution in [3.63, 3.8) is 0 Å². The summed E-state index contributed by atoms with van der Waals surface area (Å²) < 4.78 is 15.1. The zero-order chi connectivity index (χ0) is 23.0. The number of nitrogens with one attached hydrogen (secondary N) is 1. The van der Waals surface area contributed by atoms with Gasteiger partial charge < -0.3 is 14.8 Å². The summed E-state index contributed by atoms with van der Waals surface area (Å²) in [7, 11) is 0. The molecule has 3 aromatic rings. The fraction of sp³-hybridized carbons (Fsp3) is 0.522. The van der Waals surface area contributed by atoms with E-state index in [0.717, 1.165) is 31.1 Å². The van der Waals surface area contributed by atoms with Gasteiger partial charge in [-0.2, -0.15) is 15.2 Å². The molecule has 1 N–H and O–H groups in total. The standard InChI is InChI=1S/C23H26N6O4/c1-13(2)33-20-16(19(30)25-17-6-7-24-29(21(17)31)15-4-5-15)8-14-9-28(27-18(14)26-20)23-10-22(3,11-23)32-12-23/h6-9,13,15H,4-5,10-12H2,1-3H3,(H,25,30). The third-order valence-corrected chi connectivity index (χ3v) is 6.64. The van der Waals surface area contributed by atoms with Gasteiger partial charge in [0.2, 0.25) is 5.88 Å². The molecule has 0 unspecified atom stereocenters. The Balaban J connectivity index is 1.36. The molecule has 33 heavy (non-hydrogen) atoms. The maximum Gasteiger partial charge on any atom is 0.290 e. The first-order valence-corrected chi connectivity index (χ1v) is 11.4. The van der Waals surface area contributed by atoms with Crippen LogP contribution >= 0.6 is 0 Å². The second-order valence-corrected chi connectivity index (χ2v) is 9.99. The van der Waals surface area contributed by atoms with Crippen LogP contribution in [0.5, 0.6) is 5.88 Å². The summed E-state index contributed by atoms with van der Waals surface area (Å²) in [5.41, 5.74) is 0.418. The first-order valence-electron chi connectivity index (χ1n) is 11.4. The molecule has 0 radical (unpaired) electrons. The molecule has 2 saturated carbocycles. The van der Waals surface area contributed by atoms with Crippen LogP contribution in [-0.2, 0) is 10.3 Å². The van der Waals surface area contributed by atoms with Crippen LogP contribution in [-0.4, -0.2) is 48.8 Å². The molecule has 10 nitrogen and oxygen atoms in total. The van der Waals surface area contributed by atoms with Crippen LogP contribution in [0.25, 0.3) is 11.0 Å². The van der Waals surface area contributed by atoms with Crippen molar-refractivity contribution in [3.8, 4) is 5.88 Å². The van der Waals surface area contributed by atoms with Gasteiger partial charge in [-0.25, -0.2) is 4.68 Å². The minimum absolute atomic E-state index is 0.0690. The van der Waals surface area contributed by atoms with Crippen LogP contribution in [0.15, 0.2) is 29.3 Å². The topological polar surface area (TPSA) is 113 Å². The molecule has 2 aliphatic heterocycles. The normalized spacial score (nSPS) is 25.9. The van der Waals surface area contributed by atoms with Crippen molar-refractivity contribution in [1.82, 2.24) is 24.5 Å². The molecule has 7 rings (SSSR count). The highest BCUT2D eigenvalue weighted by molar-refractivity contribution is 6.07. The molecule has 2 bridgehead atoms. The number of rotatable bonds is 6. The average molecular weight is 450 g/mol. The lowest BCUT2D eigenvalue weighted by atomic mass is 9.69. The van der Waals surface area contributed by atoms with Crippen LogP contribution < -0.4 is 15.6 Å². The van der Waals surface area contributed by atoms with E-state index < -0.39 is 5.91 Å². The van der Waals surface area contributed by atoms with Gasteiger partial charge in [-0.05, 0) is 45.7 Å². The Morgan fingerprint density at radius 2 is 2.12 bits per heavy atom. The second kappa shape index (κ2) is 6.86. The van der Waals surface area contributed by atoms with Crippen molar-refractivity contribution in [2.24, 2.45) is 0 Å². The number of amides is 1. The van der Waals surface area contributed by atoms with Crippen molar-refractivity contribution in [2.75, 3.05) is 11.9 Å².